The molecule has 1 aliphatic heterocycles. The van der Waals surface area contributed by atoms with Crippen LogP contribution in [0.15, 0.2) is 0 Å². The number of piperidine rings is 1. The second kappa shape index (κ2) is 7.07. The molecule has 0 aromatic carbocycles. The summed E-state index contributed by atoms with van der Waals surface area (Å²) in [4.78, 5) is 13.7. The number of alkyl halides is 1. The molecule has 1 aliphatic rings. The molecule has 0 spiro atoms. The molecule has 1 rings (SSSR count). The van der Waals surface area contributed by atoms with Crippen molar-refractivity contribution < 1.29 is 9.53 Å². The first kappa shape index (κ1) is 12.8. The highest BCUT2D eigenvalue weighted by atomic mass is 35.5. The zero-order chi connectivity index (χ0) is 11.1. The highest BCUT2D eigenvalue weighted by Gasteiger charge is 2.25. The van der Waals surface area contributed by atoms with Crippen LogP contribution in [0.2, 0.25) is 0 Å². The number of hydrogen-bond acceptors (Lipinski definition) is 2. The Labute approximate surface area is 96.7 Å². The fourth-order valence-corrected chi connectivity index (χ4v) is 2.14. The molecule has 0 aromatic heterocycles. The normalized spacial score (nSPS) is 21.7. The van der Waals surface area contributed by atoms with Crippen molar-refractivity contribution in [2.24, 2.45) is 0 Å². The van der Waals surface area contributed by atoms with Gasteiger partial charge in [0.2, 0.25) is 5.91 Å². The van der Waals surface area contributed by atoms with Crippen LogP contribution in [0, 0.1) is 0 Å². The SMILES string of the molecule is CCOC[C@@H]1CCCCN1C(=O)CCCl. The summed E-state index contributed by atoms with van der Waals surface area (Å²) in [5.74, 6) is 0.589. The molecule has 3 nitrogen and oxygen atoms in total. The van der Waals surface area contributed by atoms with Crippen LogP contribution in [0.3, 0.4) is 0 Å². The Morgan fingerprint density at radius 2 is 2.33 bits per heavy atom. The van der Waals surface area contributed by atoms with Crippen LogP contribution in [0.5, 0.6) is 0 Å². The van der Waals surface area contributed by atoms with Gasteiger partial charge in [-0.2, -0.15) is 0 Å². The van der Waals surface area contributed by atoms with Crippen LogP contribution in [-0.4, -0.2) is 42.5 Å². The monoisotopic (exact) mass is 233 g/mol. The Bertz CT molecular complexity index is 199. The number of amides is 1. The Morgan fingerprint density at radius 3 is 3.00 bits per heavy atom. The average molecular weight is 234 g/mol. The number of rotatable bonds is 5. The third-order valence-electron chi connectivity index (χ3n) is 2.77. The molecule has 0 radical (unpaired) electrons. The van der Waals surface area contributed by atoms with Gasteiger partial charge in [0.15, 0.2) is 0 Å². The van der Waals surface area contributed by atoms with E-state index in [1.165, 1.54) is 6.42 Å². The third-order valence-corrected chi connectivity index (χ3v) is 2.96. The van der Waals surface area contributed by atoms with Gasteiger partial charge in [-0.3, -0.25) is 4.79 Å². The summed E-state index contributed by atoms with van der Waals surface area (Å²) in [6, 6.07) is 0.273. The lowest BCUT2D eigenvalue weighted by molar-refractivity contribution is -0.136. The van der Waals surface area contributed by atoms with E-state index in [4.69, 9.17) is 16.3 Å². The minimum Gasteiger partial charge on any atom is -0.380 e. The molecule has 4 heteroatoms. The first-order valence-corrected chi connectivity index (χ1v) is 6.26. The molecule has 1 saturated heterocycles. The predicted octanol–water partition coefficient (Wildman–Crippen LogP) is 2.03. The summed E-state index contributed by atoms with van der Waals surface area (Å²) in [6.45, 7) is 4.24. The Balaban J connectivity index is 2.45. The molecule has 1 atom stereocenters. The molecule has 0 aliphatic carbocycles. The molecule has 1 amide bonds. The highest BCUT2D eigenvalue weighted by Crippen LogP contribution is 2.18. The molecule has 0 unspecified atom stereocenters. The summed E-state index contributed by atoms with van der Waals surface area (Å²) >= 11 is 5.59. The predicted molar refractivity (Wildman–Crippen MR) is 61.2 cm³/mol. The van der Waals surface area contributed by atoms with E-state index < -0.39 is 0 Å². The van der Waals surface area contributed by atoms with Crippen molar-refractivity contribution in [2.45, 2.75) is 38.6 Å². The van der Waals surface area contributed by atoms with Crippen molar-refractivity contribution in [3.8, 4) is 0 Å². The number of halogens is 1. The Kier molecular flexibility index (Phi) is 6.03. The maximum atomic E-state index is 11.8. The summed E-state index contributed by atoms with van der Waals surface area (Å²) in [5.41, 5.74) is 0. The van der Waals surface area contributed by atoms with Gasteiger partial charge in [-0.05, 0) is 26.2 Å². The summed E-state index contributed by atoms with van der Waals surface area (Å²) in [7, 11) is 0. The average Bonchev–Trinajstić information content (AvgIpc) is 2.27. The second-order valence-corrected chi connectivity index (χ2v) is 4.21. The standard InChI is InChI=1S/C11H20ClNO2/c1-2-15-9-10-5-3-4-8-13(10)11(14)6-7-12/h10H,2-9H2,1H3/t10-/m0/s1. The van der Waals surface area contributed by atoms with Crippen LogP contribution < -0.4 is 0 Å². The summed E-state index contributed by atoms with van der Waals surface area (Å²) in [5, 5.41) is 0. The van der Waals surface area contributed by atoms with Crippen molar-refractivity contribution in [2.75, 3.05) is 25.6 Å². The van der Waals surface area contributed by atoms with Crippen LogP contribution in [-0.2, 0) is 9.53 Å². The first-order valence-electron chi connectivity index (χ1n) is 5.72. The van der Waals surface area contributed by atoms with Gasteiger partial charge in [-0.1, -0.05) is 0 Å². The first-order chi connectivity index (χ1) is 7.29. The maximum Gasteiger partial charge on any atom is 0.224 e. The fraction of sp³-hybridized carbons (Fsp3) is 0.909. The van der Waals surface area contributed by atoms with E-state index in [-0.39, 0.29) is 11.9 Å². The smallest absolute Gasteiger partial charge is 0.224 e. The molecule has 1 heterocycles. The number of carbonyl (C=O) groups is 1. The topological polar surface area (TPSA) is 29.5 Å². The van der Waals surface area contributed by atoms with E-state index >= 15 is 0 Å². The minimum atomic E-state index is 0.175. The largest absolute Gasteiger partial charge is 0.380 e. The van der Waals surface area contributed by atoms with Crippen LogP contribution in [0.1, 0.15) is 32.6 Å². The highest BCUT2D eigenvalue weighted by molar-refractivity contribution is 6.18. The number of nitrogens with zero attached hydrogens (tertiary/aromatic N) is 1. The van der Waals surface area contributed by atoms with Crippen LogP contribution in [0.4, 0.5) is 0 Å². The van der Waals surface area contributed by atoms with E-state index in [1.54, 1.807) is 0 Å². The zero-order valence-corrected chi connectivity index (χ0v) is 10.1. The molecule has 0 aromatic rings. The van der Waals surface area contributed by atoms with Crippen molar-refractivity contribution in [3.63, 3.8) is 0 Å². The molecule has 0 saturated carbocycles. The maximum absolute atomic E-state index is 11.8. The number of likely N-dealkylation sites (tertiary alicyclic amines) is 1. The van der Waals surface area contributed by atoms with Gasteiger partial charge in [0.05, 0.1) is 12.6 Å². The van der Waals surface area contributed by atoms with Gasteiger partial charge in [0.1, 0.15) is 0 Å². The summed E-state index contributed by atoms with van der Waals surface area (Å²) in [6.07, 6.45) is 3.82. The lowest BCUT2D eigenvalue weighted by Crippen LogP contribution is -2.46. The van der Waals surface area contributed by atoms with E-state index in [9.17, 15) is 4.79 Å². The molecule has 1 fully saturated rings. The van der Waals surface area contributed by atoms with Gasteiger partial charge >= 0.3 is 0 Å². The van der Waals surface area contributed by atoms with Crippen molar-refractivity contribution in [1.82, 2.24) is 4.90 Å². The third kappa shape index (κ3) is 3.99. The lowest BCUT2D eigenvalue weighted by Gasteiger charge is -2.35. The molecule has 88 valence electrons. The van der Waals surface area contributed by atoms with E-state index in [0.717, 1.165) is 19.4 Å². The van der Waals surface area contributed by atoms with E-state index in [1.807, 2.05) is 11.8 Å². The van der Waals surface area contributed by atoms with E-state index in [2.05, 4.69) is 0 Å². The van der Waals surface area contributed by atoms with Crippen molar-refractivity contribution in [3.05, 3.63) is 0 Å². The van der Waals surface area contributed by atoms with Gasteiger partial charge in [0.25, 0.3) is 0 Å². The molecular weight excluding hydrogens is 214 g/mol. The van der Waals surface area contributed by atoms with Gasteiger partial charge in [0, 0.05) is 25.5 Å². The molecular formula is C11H20ClNO2. The zero-order valence-electron chi connectivity index (χ0n) is 9.38. The Morgan fingerprint density at radius 1 is 1.53 bits per heavy atom. The summed E-state index contributed by atoms with van der Waals surface area (Å²) < 4.78 is 5.40. The minimum absolute atomic E-state index is 0.175. The van der Waals surface area contributed by atoms with E-state index in [0.29, 0.717) is 25.5 Å². The van der Waals surface area contributed by atoms with Gasteiger partial charge < -0.3 is 9.64 Å². The molecule has 15 heavy (non-hydrogen) atoms. The quantitative estimate of drug-likeness (QED) is 0.680. The molecule has 0 bridgehead atoms. The second-order valence-electron chi connectivity index (χ2n) is 3.84. The van der Waals surface area contributed by atoms with Crippen LogP contribution >= 0.6 is 11.6 Å². The van der Waals surface area contributed by atoms with Gasteiger partial charge in [-0.15, -0.1) is 11.6 Å². The fourth-order valence-electron chi connectivity index (χ4n) is 1.98. The number of ether oxygens (including phenoxy) is 1. The van der Waals surface area contributed by atoms with Gasteiger partial charge in [-0.25, -0.2) is 0 Å². The van der Waals surface area contributed by atoms with Crippen molar-refractivity contribution in [1.29, 1.82) is 0 Å². The lowest BCUT2D eigenvalue weighted by atomic mass is 10.0. The number of carbonyl (C=O) groups excluding carboxylic acids is 1. The number of hydrogen-bond donors (Lipinski definition) is 0. The van der Waals surface area contributed by atoms with Crippen LogP contribution in [0.25, 0.3) is 0 Å². The molecule has 0 N–H and O–H groups in total. The van der Waals surface area contributed by atoms with Crippen molar-refractivity contribution >= 4 is 17.5 Å². The Hall–Kier alpha value is -0.280.